The summed E-state index contributed by atoms with van der Waals surface area (Å²) in [4.78, 5) is 21.7. The molecule has 3 aliphatic carbocycles. The van der Waals surface area contributed by atoms with E-state index in [-0.39, 0.29) is 26.6 Å². The van der Waals surface area contributed by atoms with Crippen LogP contribution in [0.1, 0.15) is 130 Å². The second kappa shape index (κ2) is 15.0. The molecular formula is C42H46N2O6. The minimum atomic E-state index is -0.385. The van der Waals surface area contributed by atoms with E-state index >= 15 is 0 Å². The summed E-state index contributed by atoms with van der Waals surface area (Å²) in [6.45, 7) is 0. The fourth-order valence-corrected chi connectivity index (χ4v) is 8.77. The highest BCUT2D eigenvalue weighted by Gasteiger charge is 2.38. The van der Waals surface area contributed by atoms with Crippen LogP contribution in [0.4, 0.5) is 11.4 Å². The summed E-state index contributed by atoms with van der Waals surface area (Å²) in [6.07, 6.45) is 17.6. The van der Waals surface area contributed by atoms with Crippen LogP contribution in [-0.2, 0) is 5.41 Å². The summed E-state index contributed by atoms with van der Waals surface area (Å²) in [5.41, 5.74) is 5.14. The van der Waals surface area contributed by atoms with Gasteiger partial charge in [0.2, 0.25) is 0 Å². The molecule has 0 aliphatic heterocycles. The zero-order chi connectivity index (χ0) is 34.5. The van der Waals surface area contributed by atoms with Crippen molar-refractivity contribution in [2.24, 2.45) is 0 Å². The van der Waals surface area contributed by atoms with Crippen LogP contribution < -0.4 is 9.47 Å². The van der Waals surface area contributed by atoms with Crippen LogP contribution in [0.15, 0.2) is 84.9 Å². The molecule has 0 atom stereocenters. The molecule has 0 bridgehead atoms. The molecule has 4 aromatic rings. The molecule has 0 aromatic heterocycles. The Kier molecular flexibility index (Phi) is 10.2. The first-order valence-corrected chi connectivity index (χ1v) is 18.5. The topological polar surface area (TPSA) is 105 Å². The normalized spacial score (nSPS) is 18.3. The fourth-order valence-electron chi connectivity index (χ4n) is 8.77. The van der Waals surface area contributed by atoms with Crippen LogP contribution >= 0.6 is 0 Å². The molecular weight excluding hydrogens is 628 g/mol. The summed E-state index contributed by atoms with van der Waals surface area (Å²) < 4.78 is 13.0. The maximum Gasteiger partial charge on any atom is 0.269 e. The quantitative estimate of drug-likeness (QED) is 0.122. The first-order chi connectivity index (χ1) is 24.4. The van der Waals surface area contributed by atoms with Gasteiger partial charge in [-0.05, 0) is 109 Å². The van der Waals surface area contributed by atoms with Gasteiger partial charge in [-0.1, -0.05) is 82.1 Å². The lowest BCUT2D eigenvalue weighted by atomic mass is 9.64. The summed E-state index contributed by atoms with van der Waals surface area (Å²) in [5, 5.41) is 22.5. The number of hydrogen-bond acceptors (Lipinski definition) is 6. The van der Waals surface area contributed by atoms with E-state index in [2.05, 4.69) is 36.4 Å². The monoisotopic (exact) mass is 674 g/mol. The lowest BCUT2D eigenvalue weighted by Gasteiger charge is -2.40. The van der Waals surface area contributed by atoms with Crippen molar-refractivity contribution in [2.45, 2.75) is 114 Å². The van der Waals surface area contributed by atoms with Gasteiger partial charge >= 0.3 is 0 Å². The zero-order valence-electron chi connectivity index (χ0n) is 28.7. The Morgan fingerprint density at radius 3 is 1.26 bits per heavy atom. The second-order valence-corrected chi connectivity index (χ2v) is 14.5. The highest BCUT2D eigenvalue weighted by atomic mass is 16.6. The number of hydrogen-bond donors (Lipinski definition) is 0. The lowest BCUT2D eigenvalue weighted by Crippen LogP contribution is -2.31. The molecule has 3 aliphatic rings. The third-order valence-corrected chi connectivity index (χ3v) is 11.5. The molecule has 8 nitrogen and oxygen atoms in total. The molecule has 0 spiro atoms. The molecule has 4 aromatic carbocycles. The van der Waals surface area contributed by atoms with E-state index in [0.29, 0.717) is 23.3 Å². The Labute approximate surface area is 294 Å². The molecule has 3 fully saturated rings. The number of nitrogens with zero attached hydrogens (tertiary/aromatic N) is 2. The minimum absolute atomic E-state index is 0.0520. The predicted molar refractivity (Wildman–Crippen MR) is 195 cm³/mol. The highest BCUT2D eigenvalue weighted by molar-refractivity contribution is 5.52. The molecule has 260 valence electrons. The first kappa shape index (κ1) is 33.8. The van der Waals surface area contributed by atoms with Gasteiger partial charge in [0, 0.05) is 29.7 Å². The van der Waals surface area contributed by atoms with Crippen molar-refractivity contribution < 1.29 is 19.3 Å². The van der Waals surface area contributed by atoms with Crippen molar-refractivity contribution in [1.82, 2.24) is 0 Å². The molecule has 3 saturated carbocycles. The van der Waals surface area contributed by atoms with E-state index < -0.39 is 0 Å². The Morgan fingerprint density at radius 2 is 0.880 bits per heavy atom. The van der Waals surface area contributed by atoms with Crippen LogP contribution in [-0.4, -0.2) is 9.85 Å². The van der Waals surface area contributed by atoms with Gasteiger partial charge < -0.3 is 9.47 Å². The van der Waals surface area contributed by atoms with Gasteiger partial charge in [0.15, 0.2) is 0 Å². The van der Waals surface area contributed by atoms with Gasteiger partial charge in [-0.2, -0.15) is 0 Å². The molecule has 0 unspecified atom stereocenters. The summed E-state index contributed by atoms with van der Waals surface area (Å²) in [6, 6.07) is 26.4. The third kappa shape index (κ3) is 7.25. The number of rotatable bonds is 10. The Hall–Kier alpha value is -4.72. The van der Waals surface area contributed by atoms with Crippen molar-refractivity contribution in [3.63, 3.8) is 0 Å². The maximum absolute atomic E-state index is 11.2. The van der Waals surface area contributed by atoms with Crippen molar-refractivity contribution in [1.29, 1.82) is 0 Å². The molecule has 0 N–H and O–H groups in total. The standard InChI is InChI=1S/C42H46N2O6/c45-43(46)34-16-20-36(21-17-34)49-40-24-14-32(28-38(40)30-10-4-1-5-11-30)42(26-8-3-9-27-42)33-15-25-41(39(29-33)31-12-6-2-7-13-31)50-37-22-18-35(19-23-37)44(47)48/h14-25,28-31H,1-13,26-27H2. The minimum Gasteiger partial charge on any atom is -0.457 e. The fraction of sp³-hybridized carbons (Fsp3) is 0.429. The first-order valence-electron chi connectivity index (χ1n) is 18.5. The number of nitro groups is 2. The van der Waals surface area contributed by atoms with Gasteiger partial charge in [-0.15, -0.1) is 0 Å². The average molecular weight is 675 g/mol. The van der Waals surface area contributed by atoms with E-state index in [1.54, 1.807) is 24.3 Å². The van der Waals surface area contributed by atoms with Gasteiger partial charge in [0.05, 0.1) is 9.85 Å². The van der Waals surface area contributed by atoms with Gasteiger partial charge in [-0.25, -0.2) is 0 Å². The molecule has 8 heteroatoms. The van der Waals surface area contributed by atoms with Crippen molar-refractivity contribution in [3.8, 4) is 23.0 Å². The van der Waals surface area contributed by atoms with Crippen LogP contribution in [0.3, 0.4) is 0 Å². The largest absolute Gasteiger partial charge is 0.457 e. The van der Waals surface area contributed by atoms with Crippen LogP contribution in [0.2, 0.25) is 0 Å². The number of benzene rings is 4. The average Bonchev–Trinajstić information content (AvgIpc) is 3.16. The number of ether oxygens (including phenoxy) is 2. The van der Waals surface area contributed by atoms with E-state index in [0.717, 1.165) is 50.0 Å². The lowest BCUT2D eigenvalue weighted by molar-refractivity contribution is -0.385. The maximum atomic E-state index is 11.2. The SMILES string of the molecule is O=[N+]([O-])c1ccc(Oc2ccc(C3(c4ccc(Oc5ccc([N+](=O)[O-])cc5)c(C5CCCCC5)c4)CCCCC3)cc2C2CCCCC2)cc1. The van der Waals surface area contributed by atoms with E-state index in [9.17, 15) is 20.2 Å². The molecule has 0 radical (unpaired) electrons. The summed E-state index contributed by atoms with van der Waals surface area (Å²) >= 11 is 0. The Morgan fingerprint density at radius 1 is 0.500 bits per heavy atom. The molecule has 0 saturated heterocycles. The van der Waals surface area contributed by atoms with Crippen LogP contribution in [0.5, 0.6) is 23.0 Å². The van der Waals surface area contributed by atoms with Crippen LogP contribution in [0.25, 0.3) is 0 Å². The van der Waals surface area contributed by atoms with Gasteiger partial charge in [-0.3, -0.25) is 20.2 Å². The highest BCUT2D eigenvalue weighted by Crippen LogP contribution is 2.50. The summed E-state index contributed by atoms with van der Waals surface area (Å²) in [5.74, 6) is 3.72. The van der Waals surface area contributed by atoms with Crippen molar-refractivity contribution in [2.75, 3.05) is 0 Å². The van der Waals surface area contributed by atoms with Crippen LogP contribution in [0, 0.1) is 20.2 Å². The van der Waals surface area contributed by atoms with Crippen molar-refractivity contribution >= 4 is 11.4 Å². The third-order valence-electron chi connectivity index (χ3n) is 11.5. The van der Waals surface area contributed by atoms with E-state index in [4.69, 9.17) is 9.47 Å². The van der Waals surface area contributed by atoms with E-state index in [1.807, 2.05) is 0 Å². The summed E-state index contributed by atoms with van der Waals surface area (Å²) in [7, 11) is 0. The molecule has 0 heterocycles. The zero-order valence-corrected chi connectivity index (χ0v) is 28.7. The molecule has 50 heavy (non-hydrogen) atoms. The second-order valence-electron chi connectivity index (χ2n) is 14.5. The number of non-ortho nitro benzene ring substituents is 2. The smallest absolute Gasteiger partial charge is 0.269 e. The molecule has 7 rings (SSSR count). The van der Waals surface area contributed by atoms with Crippen molar-refractivity contribution in [3.05, 3.63) is 127 Å². The van der Waals surface area contributed by atoms with E-state index in [1.165, 1.54) is 104 Å². The molecule has 0 amide bonds. The predicted octanol–water partition coefficient (Wildman–Crippen LogP) is 12.4. The Balaban J connectivity index is 1.28. The number of nitro benzene ring substituents is 2. The van der Waals surface area contributed by atoms with Gasteiger partial charge in [0.25, 0.3) is 11.4 Å². The Bertz CT molecular complexity index is 1670. The van der Waals surface area contributed by atoms with Gasteiger partial charge in [0.1, 0.15) is 23.0 Å².